The Hall–Kier alpha value is -0.810. The zero-order valence-corrected chi connectivity index (χ0v) is 13.9. The van der Waals surface area contributed by atoms with Crippen LogP contribution in [0.25, 0.3) is 0 Å². The van der Waals surface area contributed by atoms with Crippen molar-refractivity contribution in [3.8, 4) is 0 Å². The summed E-state index contributed by atoms with van der Waals surface area (Å²) < 4.78 is 5.40. The number of amides is 1. The second-order valence-electron chi connectivity index (χ2n) is 6.96. The van der Waals surface area contributed by atoms with E-state index in [0.717, 1.165) is 32.5 Å². The second-order valence-corrected chi connectivity index (χ2v) is 6.96. The molecule has 20 heavy (non-hydrogen) atoms. The van der Waals surface area contributed by atoms with Crippen LogP contribution in [0, 0.1) is 0 Å². The van der Waals surface area contributed by atoms with Gasteiger partial charge < -0.3 is 19.9 Å². The molecule has 0 aromatic carbocycles. The number of nitrogens with one attached hydrogen (secondary N) is 1. The van der Waals surface area contributed by atoms with E-state index >= 15 is 0 Å². The Balaban J connectivity index is 2.28. The predicted octanol–water partition coefficient (Wildman–Crippen LogP) is 1.93. The first-order chi connectivity index (χ1) is 9.19. The van der Waals surface area contributed by atoms with E-state index in [1.165, 1.54) is 0 Å². The third kappa shape index (κ3) is 6.09. The summed E-state index contributed by atoms with van der Waals surface area (Å²) in [6.07, 6.45) is 1.82. The minimum absolute atomic E-state index is 0.183. The summed E-state index contributed by atoms with van der Waals surface area (Å²) >= 11 is 0. The van der Waals surface area contributed by atoms with Crippen molar-refractivity contribution >= 4 is 6.09 Å². The molecule has 118 valence electrons. The Kier molecular flexibility index (Phi) is 6.27. The maximum Gasteiger partial charge on any atom is 0.410 e. The van der Waals surface area contributed by atoms with Gasteiger partial charge in [-0.2, -0.15) is 0 Å². The minimum Gasteiger partial charge on any atom is -0.444 e. The normalized spacial score (nSPS) is 19.2. The molecule has 1 amide bonds. The Morgan fingerprint density at radius 2 is 1.90 bits per heavy atom. The molecule has 1 heterocycles. The number of carbonyl (C=O) groups is 1. The van der Waals surface area contributed by atoms with Gasteiger partial charge in [0.25, 0.3) is 0 Å². The van der Waals surface area contributed by atoms with Crippen molar-refractivity contribution in [2.24, 2.45) is 0 Å². The molecule has 0 aromatic heterocycles. The fourth-order valence-electron chi connectivity index (χ4n) is 2.11. The minimum atomic E-state index is -0.409. The molecule has 0 aliphatic carbocycles. The zero-order chi connectivity index (χ0) is 15.3. The lowest BCUT2D eigenvalue weighted by atomic mass is 10.1. The van der Waals surface area contributed by atoms with Gasteiger partial charge in [-0.3, -0.25) is 0 Å². The number of hydrogen-bond acceptors (Lipinski definition) is 4. The predicted molar refractivity (Wildman–Crippen MR) is 82.0 cm³/mol. The Labute approximate surface area is 123 Å². The van der Waals surface area contributed by atoms with E-state index in [4.69, 9.17) is 4.74 Å². The molecule has 1 N–H and O–H groups in total. The van der Waals surface area contributed by atoms with Crippen LogP contribution in [0.5, 0.6) is 0 Å². The number of piperidine rings is 1. The first-order valence-electron chi connectivity index (χ1n) is 7.57. The monoisotopic (exact) mass is 285 g/mol. The van der Waals surface area contributed by atoms with Gasteiger partial charge in [0, 0.05) is 31.7 Å². The summed E-state index contributed by atoms with van der Waals surface area (Å²) in [6.45, 7) is 10.5. The largest absolute Gasteiger partial charge is 0.444 e. The van der Waals surface area contributed by atoms with Crippen molar-refractivity contribution in [2.75, 3.05) is 33.7 Å². The number of ether oxygens (including phenoxy) is 1. The lowest BCUT2D eigenvalue weighted by Gasteiger charge is -2.34. The number of likely N-dealkylation sites (N-methyl/N-ethyl adjacent to an activating group) is 1. The molecule has 1 fully saturated rings. The smallest absolute Gasteiger partial charge is 0.410 e. The summed E-state index contributed by atoms with van der Waals surface area (Å²) in [5.41, 5.74) is -0.409. The highest BCUT2D eigenvalue weighted by Crippen LogP contribution is 2.15. The van der Waals surface area contributed by atoms with Crippen LogP contribution in [0.4, 0.5) is 4.79 Å². The van der Waals surface area contributed by atoms with Gasteiger partial charge in [0.15, 0.2) is 0 Å². The average Bonchev–Trinajstić information content (AvgIpc) is 2.34. The van der Waals surface area contributed by atoms with Crippen molar-refractivity contribution in [2.45, 2.75) is 58.2 Å². The summed E-state index contributed by atoms with van der Waals surface area (Å²) in [6, 6.07) is 1.04. The van der Waals surface area contributed by atoms with Crippen molar-refractivity contribution in [3.63, 3.8) is 0 Å². The van der Waals surface area contributed by atoms with Gasteiger partial charge in [-0.1, -0.05) is 0 Å². The number of hydrogen-bond donors (Lipinski definition) is 1. The van der Waals surface area contributed by atoms with Crippen molar-refractivity contribution in [1.82, 2.24) is 15.1 Å². The fourth-order valence-corrected chi connectivity index (χ4v) is 2.11. The summed E-state index contributed by atoms with van der Waals surface area (Å²) in [5.74, 6) is 0. The Morgan fingerprint density at radius 1 is 1.35 bits per heavy atom. The fraction of sp³-hybridized carbons (Fsp3) is 0.933. The molecule has 0 radical (unpaired) electrons. The Bertz CT molecular complexity index is 305. The van der Waals surface area contributed by atoms with Gasteiger partial charge in [0.1, 0.15) is 5.60 Å². The maximum absolute atomic E-state index is 12.0. The number of carbonyl (C=O) groups excluding carboxylic acids is 1. The van der Waals surface area contributed by atoms with Gasteiger partial charge in [0.2, 0.25) is 0 Å². The highest BCUT2D eigenvalue weighted by Gasteiger charge is 2.26. The van der Waals surface area contributed by atoms with Crippen LogP contribution in [0.1, 0.15) is 40.5 Å². The zero-order valence-electron chi connectivity index (χ0n) is 13.9. The summed E-state index contributed by atoms with van der Waals surface area (Å²) in [7, 11) is 4.19. The second kappa shape index (κ2) is 7.27. The number of nitrogens with zero attached hydrogens (tertiary/aromatic N) is 2. The number of rotatable bonds is 4. The molecular weight excluding hydrogens is 254 g/mol. The van der Waals surface area contributed by atoms with Crippen LogP contribution in [0.3, 0.4) is 0 Å². The van der Waals surface area contributed by atoms with E-state index < -0.39 is 5.60 Å². The highest BCUT2D eigenvalue weighted by molar-refractivity contribution is 5.68. The molecule has 1 aliphatic heterocycles. The maximum atomic E-state index is 12.0. The molecule has 0 bridgehead atoms. The third-order valence-electron chi connectivity index (χ3n) is 3.73. The highest BCUT2D eigenvalue weighted by atomic mass is 16.6. The van der Waals surface area contributed by atoms with Crippen LogP contribution in [0.2, 0.25) is 0 Å². The molecule has 5 heteroatoms. The van der Waals surface area contributed by atoms with E-state index in [9.17, 15) is 4.79 Å². The van der Waals surface area contributed by atoms with Crippen molar-refractivity contribution in [3.05, 3.63) is 0 Å². The van der Waals surface area contributed by atoms with Crippen LogP contribution in [-0.2, 0) is 4.74 Å². The quantitative estimate of drug-likeness (QED) is 0.857. The average molecular weight is 285 g/mol. The van der Waals surface area contributed by atoms with E-state index in [-0.39, 0.29) is 6.09 Å². The molecular formula is C15H31N3O2. The van der Waals surface area contributed by atoms with E-state index in [2.05, 4.69) is 31.2 Å². The lowest BCUT2D eigenvalue weighted by molar-refractivity contribution is 0.0197. The van der Waals surface area contributed by atoms with Crippen LogP contribution >= 0.6 is 0 Å². The lowest BCUT2D eigenvalue weighted by Crippen LogP contribution is -2.48. The third-order valence-corrected chi connectivity index (χ3v) is 3.73. The molecule has 0 aromatic rings. The van der Waals surface area contributed by atoms with Gasteiger partial charge in [-0.05, 0) is 54.6 Å². The van der Waals surface area contributed by atoms with E-state index in [1.54, 1.807) is 0 Å². The standard InChI is InChI=1S/C15H31N3O2/c1-12(17(5)6)11-16-13-7-9-18(10-8-13)14(19)20-15(2,3)4/h12-13,16H,7-11H2,1-6H3. The van der Waals surface area contributed by atoms with E-state index in [0.29, 0.717) is 12.1 Å². The molecule has 1 atom stereocenters. The number of likely N-dealkylation sites (tertiary alicyclic amines) is 1. The van der Waals surface area contributed by atoms with Crippen molar-refractivity contribution < 1.29 is 9.53 Å². The first kappa shape index (κ1) is 17.2. The van der Waals surface area contributed by atoms with Crippen LogP contribution < -0.4 is 5.32 Å². The van der Waals surface area contributed by atoms with Gasteiger partial charge in [-0.15, -0.1) is 0 Å². The van der Waals surface area contributed by atoms with Crippen LogP contribution in [0.15, 0.2) is 0 Å². The SMILES string of the molecule is CC(CNC1CCN(C(=O)OC(C)(C)C)CC1)N(C)C. The molecule has 1 unspecified atom stereocenters. The summed E-state index contributed by atoms with van der Waals surface area (Å²) in [4.78, 5) is 16.0. The van der Waals surface area contributed by atoms with Gasteiger partial charge in [-0.25, -0.2) is 4.79 Å². The van der Waals surface area contributed by atoms with Crippen LogP contribution in [-0.4, -0.2) is 67.3 Å². The van der Waals surface area contributed by atoms with Gasteiger partial charge in [0.05, 0.1) is 0 Å². The van der Waals surface area contributed by atoms with Gasteiger partial charge >= 0.3 is 6.09 Å². The molecule has 5 nitrogen and oxygen atoms in total. The Morgan fingerprint density at radius 3 is 2.35 bits per heavy atom. The molecule has 0 saturated carbocycles. The van der Waals surface area contributed by atoms with Crippen molar-refractivity contribution in [1.29, 1.82) is 0 Å². The molecule has 1 rings (SSSR count). The molecule has 1 saturated heterocycles. The molecule has 0 spiro atoms. The molecule has 1 aliphatic rings. The summed E-state index contributed by atoms with van der Waals surface area (Å²) in [5, 5.41) is 3.59. The van der Waals surface area contributed by atoms with E-state index in [1.807, 2.05) is 25.7 Å². The topological polar surface area (TPSA) is 44.8 Å². The first-order valence-corrected chi connectivity index (χ1v) is 7.57.